The molecule has 0 aliphatic rings. The number of carbonyl (C=O) groups excluding carboxylic acids is 1. The summed E-state index contributed by atoms with van der Waals surface area (Å²) in [6.07, 6.45) is 3.49. The van der Waals surface area contributed by atoms with Crippen LogP contribution in [0.2, 0.25) is 0 Å². The quantitative estimate of drug-likeness (QED) is 0.502. The minimum Gasteiger partial charge on any atom is -0.469 e. The number of aromatic nitrogens is 4. The molecular weight excluding hydrogens is 356 g/mol. The number of carbonyl (C=O) groups is 1. The normalized spacial score (nSPS) is 10.9. The van der Waals surface area contributed by atoms with Crippen molar-refractivity contribution in [2.24, 2.45) is 0 Å². The van der Waals surface area contributed by atoms with E-state index in [1.54, 1.807) is 16.8 Å². The summed E-state index contributed by atoms with van der Waals surface area (Å²) in [6.45, 7) is 0.152. The molecule has 0 radical (unpaired) electrons. The van der Waals surface area contributed by atoms with Gasteiger partial charge in [-0.15, -0.1) is 0 Å². The lowest BCUT2D eigenvalue weighted by atomic mass is 10.0. The molecule has 4 aromatic rings. The largest absolute Gasteiger partial charge is 0.469 e. The van der Waals surface area contributed by atoms with Gasteiger partial charge in [-0.2, -0.15) is 10.2 Å². The van der Waals surface area contributed by atoms with Gasteiger partial charge < -0.3 is 4.74 Å². The summed E-state index contributed by atoms with van der Waals surface area (Å²) in [4.78, 5) is 24.6. The van der Waals surface area contributed by atoms with Gasteiger partial charge in [-0.3, -0.25) is 9.59 Å². The van der Waals surface area contributed by atoms with E-state index in [0.29, 0.717) is 5.56 Å². The van der Waals surface area contributed by atoms with Crippen molar-refractivity contribution in [1.29, 1.82) is 0 Å². The predicted molar refractivity (Wildman–Crippen MR) is 105 cm³/mol. The van der Waals surface area contributed by atoms with Crippen molar-refractivity contribution in [3.05, 3.63) is 77.3 Å². The molecule has 140 valence electrons. The van der Waals surface area contributed by atoms with Gasteiger partial charge in [-0.25, -0.2) is 9.20 Å². The highest BCUT2D eigenvalue weighted by Gasteiger charge is 2.19. The second kappa shape index (κ2) is 7.48. The molecule has 0 unspecified atom stereocenters. The number of fused-ring (bicyclic) bond motifs is 1. The summed E-state index contributed by atoms with van der Waals surface area (Å²) in [7, 11) is 1.32. The van der Waals surface area contributed by atoms with Crippen LogP contribution >= 0.6 is 0 Å². The molecule has 0 aliphatic heterocycles. The standard InChI is InChI=1S/C21H18N4O3/c1-28-18(26)11-14-25-21(27)16(10-12-22-25)19-17-9-5-6-13-24(17)23-20(19)15-7-3-2-4-8-15/h2-10,12-13H,11,14H2,1H3. The molecule has 0 fully saturated rings. The maximum Gasteiger partial charge on any atom is 0.307 e. The first-order valence-electron chi connectivity index (χ1n) is 8.85. The van der Waals surface area contributed by atoms with Crippen LogP contribution < -0.4 is 5.56 Å². The zero-order valence-corrected chi connectivity index (χ0v) is 15.3. The molecule has 3 aromatic heterocycles. The van der Waals surface area contributed by atoms with Crippen LogP contribution in [0.25, 0.3) is 27.9 Å². The topological polar surface area (TPSA) is 78.5 Å². The molecule has 7 heteroatoms. The second-order valence-corrected chi connectivity index (χ2v) is 6.22. The summed E-state index contributed by atoms with van der Waals surface area (Å²) in [5.74, 6) is -0.389. The Bertz CT molecular complexity index is 1200. The van der Waals surface area contributed by atoms with Crippen LogP contribution in [0, 0.1) is 0 Å². The molecule has 0 saturated heterocycles. The van der Waals surface area contributed by atoms with Gasteiger partial charge in [0.25, 0.3) is 5.56 Å². The van der Waals surface area contributed by atoms with Crippen molar-refractivity contribution in [2.75, 3.05) is 7.11 Å². The minimum absolute atomic E-state index is 0.0765. The smallest absolute Gasteiger partial charge is 0.307 e. The van der Waals surface area contributed by atoms with Gasteiger partial charge in [-0.05, 0) is 18.2 Å². The molecule has 3 heterocycles. The Morgan fingerprint density at radius 2 is 1.86 bits per heavy atom. The Morgan fingerprint density at radius 3 is 2.64 bits per heavy atom. The lowest BCUT2D eigenvalue weighted by molar-refractivity contribution is -0.140. The molecule has 0 bridgehead atoms. The highest BCUT2D eigenvalue weighted by atomic mass is 16.5. The number of nitrogens with zero attached hydrogens (tertiary/aromatic N) is 4. The number of aryl methyl sites for hydroxylation is 1. The molecular formula is C21H18N4O3. The fourth-order valence-corrected chi connectivity index (χ4v) is 3.16. The number of hydrogen-bond donors (Lipinski definition) is 0. The lowest BCUT2D eigenvalue weighted by Crippen LogP contribution is -2.25. The van der Waals surface area contributed by atoms with E-state index in [1.807, 2.05) is 54.7 Å². The van der Waals surface area contributed by atoms with Crippen LogP contribution in [-0.2, 0) is 16.1 Å². The van der Waals surface area contributed by atoms with E-state index in [1.165, 1.54) is 11.8 Å². The maximum absolute atomic E-state index is 13.1. The molecule has 1 aromatic carbocycles. The molecule has 4 rings (SSSR count). The van der Waals surface area contributed by atoms with Crippen molar-refractivity contribution in [3.63, 3.8) is 0 Å². The third-order valence-corrected chi connectivity index (χ3v) is 4.52. The molecule has 28 heavy (non-hydrogen) atoms. The first kappa shape index (κ1) is 17.7. The van der Waals surface area contributed by atoms with Crippen molar-refractivity contribution < 1.29 is 9.53 Å². The zero-order valence-electron chi connectivity index (χ0n) is 15.3. The molecule has 0 aliphatic carbocycles. The second-order valence-electron chi connectivity index (χ2n) is 6.22. The molecule has 0 amide bonds. The van der Waals surface area contributed by atoms with Crippen LogP contribution in [0.4, 0.5) is 0 Å². The maximum atomic E-state index is 13.1. The number of ether oxygens (including phenoxy) is 1. The number of pyridine rings is 1. The Kier molecular flexibility index (Phi) is 4.72. The van der Waals surface area contributed by atoms with Crippen LogP contribution in [0.3, 0.4) is 0 Å². The summed E-state index contributed by atoms with van der Waals surface area (Å²) in [5, 5.41) is 8.80. The number of rotatable bonds is 5. The van der Waals surface area contributed by atoms with Crippen LogP contribution in [0.5, 0.6) is 0 Å². The average Bonchev–Trinajstić information content (AvgIpc) is 3.13. The Hall–Kier alpha value is -3.74. The van der Waals surface area contributed by atoms with Gasteiger partial charge in [0, 0.05) is 23.5 Å². The summed E-state index contributed by atoms with van der Waals surface area (Å²) >= 11 is 0. The van der Waals surface area contributed by atoms with Gasteiger partial charge in [0.05, 0.1) is 31.2 Å². The van der Waals surface area contributed by atoms with Gasteiger partial charge in [0.15, 0.2) is 0 Å². The van der Waals surface area contributed by atoms with E-state index >= 15 is 0 Å². The fraction of sp³-hybridized carbons (Fsp3) is 0.143. The summed E-state index contributed by atoms with van der Waals surface area (Å²) < 4.78 is 7.70. The van der Waals surface area contributed by atoms with E-state index in [0.717, 1.165) is 22.3 Å². The average molecular weight is 374 g/mol. The van der Waals surface area contributed by atoms with Crippen molar-refractivity contribution in [2.45, 2.75) is 13.0 Å². The fourth-order valence-electron chi connectivity index (χ4n) is 3.16. The Balaban J connectivity index is 1.90. The first-order valence-corrected chi connectivity index (χ1v) is 8.85. The molecule has 0 N–H and O–H groups in total. The third-order valence-electron chi connectivity index (χ3n) is 4.52. The van der Waals surface area contributed by atoms with Gasteiger partial charge in [-0.1, -0.05) is 36.4 Å². The molecule has 0 spiro atoms. The monoisotopic (exact) mass is 374 g/mol. The summed E-state index contributed by atoms with van der Waals surface area (Å²) in [6, 6.07) is 17.1. The minimum atomic E-state index is -0.389. The van der Waals surface area contributed by atoms with Crippen molar-refractivity contribution in [3.8, 4) is 22.4 Å². The first-order chi connectivity index (χ1) is 13.7. The highest BCUT2D eigenvalue weighted by molar-refractivity contribution is 5.91. The number of benzene rings is 1. The Labute approximate surface area is 160 Å². The van der Waals surface area contributed by atoms with Crippen molar-refractivity contribution in [1.82, 2.24) is 19.4 Å². The van der Waals surface area contributed by atoms with Crippen molar-refractivity contribution >= 4 is 11.5 Å². The van der Waals surface area contributed by atoms with Crippen LogP contribution in [0.15, 0.2) is 71.8 Å². The molecule has 0 atom stereocenters. The number of esters is 1. The summed E-state index contributed by atoms with van der Waals surface area (Å²) in [5.41, 5.74) is 3.41. The van der Waals surface area contributed by atoms with Gasteiger partial charge in [0.1, 0.15) is 5.69 Å². The zero-order chi connectivity index (χ0) is 19.5. The Morgan fingerprint density at radius 1 is 1.07 bits per heavy atom. The number of hydrogen-bond acceptors (Lipinski definition) is 5. The van der Waals surface area contributed by atoms with Gasteiger partial charge >= 0.3 is 5.97 Å². The van der Waals surface area contributed by atoms with E-state index in [-0.39, 0.29) is 24.5 Å². The van der Waals surface area contributed by atoms with E-state index < -0.39 is 0 Å². The molecule has 7 nitrogen and oxygen atoms in total. The number of methoxy groups -OCH3 is 1. The lowest BCUT2D eigenvalue weighted by Gasteiger charge is -2.07. The van der Waals surface area contributed by atoms with E-state index in [4.69, 9.17) is 5.10 Å². The van der Waals surface area contributed by atoms with Gasteiger partial charge in [0.2, 0.25) is 0 Å². The van der Waals surface area contributed by atoms with Crippen LogP contribution in [-0.4, -0.2) is 32.5 Å². The predicted octanol–water partition coefficient (Wildman–Crippen LogP) is 2.79. The third kappa shape index (κ3) is 3.18. The van der Waals surface area contributed by atoms with Crippen LogP contribution in [0.1, 0.15) is 6.42 Å². The SMILES string of the molecule is COC(=O)CCn1nccc(-c2c(-c3ccccc3)nn3ccccc23)c1=O. The van der Waals surface area contributed by atoms with E-state index in [9.17, 15) is 9.59 Å². The highest BCUT2D eigenvalue weighted by Crippen LogP contribution is 2.33. The van der Waals surface area contributed by atoms with E-state index in [2.05, 4.69) is 9.84 Å². The molecule has 0 saturated carbocycles.